The van der Waals surface area contributed by atoms with E-state index in [-0.39, 0.29) is 12.6 Å². The van der Waals surface area contributed by atoms with Gasteiger partial charge in [0, 0.05) is 6.61 Å². The first-order valence-electron chi connectivity index (χ1n) is 6.53. The molecule has 0 heterocycles. The fraction of sp³-hybridized carbons (Fsp3) is 0.533. The molecule has 0 aromatic heterocycles. The normalized spacial score (nSPS) is 13.7. The molecule has 0 bridgehead atoms. The van der Waals surface area contributed by atoms with Gasteiger partial charge >= 0.3 is 5.97 Å². The van der Waals surface area contributed by atoms with E-state index in [1.807, 2.05) is 31.2 Å². The minimum Gasteiger partial charge on any atom is -0.476 e. The Balaban J connectivity index is 2.73. The number of benzene rings is 1. The lowest BCUT2D eigenvalue weighted by Gasteiger charge is -2.26. The van der Waals surface area contributed by atoms with E-state index in [2.05, 4.69) is 0 Å². The number of carbonyl (C=O) groups is 1. The smallest absolute Gasteiger partial charge is 0.349 e. The minimum atomic E-state index is -0.957. The van der Waals surface area contributed by atoms with Gasteiger partial charge in [0.25, 0.3) is 0 Å². The molecule has 0 radical (unpaired) electrons. The van der Waals surface area contributed by atoms with Crippen LogP contribution in [0.5, 0.6) is 5.75 Å². The monoisotopic (exact) mass is 266 g/mol. The van der Waals surface area contributed by atoms with Crippen LogP contribution in [0.15, 0.2) is 24.3 Å². The van der Waals surface area contributed by atoms with Gasteiger partial charge in [-0.25, -0.2) is 4.79 Å². The van der Waals surface area contributed by atoms with Crippen molar-refractivity contribution in [1.82, 2.24) is 0 Å². The van der Waals surface area contributed by atoms with E-state index in [0.717, 1.165) is 18.4 Å². The maximum atomic E-state index is 11.7. The molecule has 0 saturated carbocycles. The van der Waals surface area contributed by atoms with Gasteiger partial charge < -0.3 is 14.6 Å². The van der Waals surface area contributed by atoms with Crippen molar-refractivity contribution in [3.05, 3.63) is 29.8 Å². The van der Waals surface area contributed by atoms with Crippen LogP contribution in [0.3, 0.4) is 0 Å². The Morgan fingerprint density at radius 3 is 2.42 bits per heavy atom. The summed E-state index contributed by atoms with van der Waals surface area (Å²) in [6, 6.07) is 7.56. The fourth-order valence-corrected chi connectivity index (χ4v) is 1.74. The predicted octanol–water partition coefficient (Wildman–Crippen LogP) is 2.33. The van der Waals surface area contributed by atoms with Gasteiger partial charge in [0.15, 0.2) is 0 Å². The highest BCUT2D eigenvalue weighted by molar-refractivity contribution is 5.79. The van der Waals surface area contributed by atoms with Gasteiger partial charge in [-0.2, -0.15) is 0 Å². The number of ether oxygens (including phenoxy) is 2. The SMILES string of the molecule is CCC(C)(Oc1ccc(CCCO)cc1)C(=O)OC. The Bertz CT molecular complexity index is 399. The summed E-state index contributed by atoms with van der Waals surface area (Å²) in [6.07, 6.45) is 2.11. The molecule has 4 heteroatoms. The zero-order chi connectivity index (χ0) is 14.3. The second-order valence-electron chi connectivity index (χ2n) is 4.65. The third-order valence-electron chi connectivity index (χ3n) is 3.18. The second kappa shape index (κ2) is 7.14. The number of aliphatic hydroxyl groups excluding tert-OH is 1. The van der Waals surface area contributed by atoms with Crippen molar-refractivity contribution in [2.24, 2.45) is 0 Å². The molecule has 0 spiro atoms. The molecule has 1 aromatic carbocycles. The largest absolute Gasteiger partial charge is 0.476 e. The first-order chi connectivity index (χ1) is 9.05. The van der Waals surface area contributed by atoms with E-state index < -0.39 is 5.60 Å². The number of methoxy groups -OCH3 is 1. The van der Waals surface area contributed by atoms with Crippen molar-refractivity contribution in [2.45, 2.75) is 38.7 Å². The van der Waals surface area contributed by atoms with Crippen molar-refractivity contribution in [3.63, 3.8) is 0 Å². The highest BCUT2D eigenvalue weighted by atomic mass is 16.6. The predicted molar refractivity (Wildman–Crippen MR) is 73.2 cm³/mol. The molecule has 1 aromatic rings. The minimum absolute atomic E-state index is 0.189. The summed E-state index contributed by atoms with van der Waals surface area (Å²) < 4.78 is 10.5. The van der Waals surface area contributed by atoms with Crippen LogP contribution in [-0.2, 0) is 16.0 Å². The third kappa shape index (κ3) is 4.24. The van der Waals surface area contributed by atoms with Crippen LogP contribution in [0.1, 0.15) is 32.3 Å². The van der Waals surface area contributed by atoms with Gasteiger partial charge in [0.1, 0.15) is 5.75 Å². The molecular formula is C15H22O4. The lowest BCUT2D eigenvalue weighted by molar-refractivity contribution is -0.157. The molecule has 0 aliphatic carbocycles. The molecule has 0 aliphatic rings. The summed E-state index contributed by atoms with van der Waals surface area (Å²) in [5.74, 6) is 0.266. The number of aliphatic hydroxyl groups is 1. The Hall–Kier alpha value is -1.55. The zero-order valence-corrected chi connectivity index (χ0v) is 11.8. The lowest BCUT2D eigenvalue weighted by Crippen LogP contribution is -2.41. The van der Waals surface area contributed by atoms with Gasteiger partial charge in [-0.1, -0.05) is 19.1 Å². The van der Waals surface area contributed by atoms with E-state index >= 15 is 0 Å². The van der Waals surface area contributed by atoms with Crippen LogP contribution >= 0.6 is 0 Å². The Kier molecular flexibility index (Phi) is 5.83. The maximum absolute atomic E-state index is 11.7. The van der Waals surface area contributed by atoms with E-state index in [4.69, 9.17) is 14.6 Å². The van der Waals surface area contributed by atoms with Gasteiger partial charge in [-0.15, -0.1) is 0 Å². The van der Waals surface area contributed by atoms with Crippen molar-refractivity contribution >= 4 is 5.97 Å². The number of aryl methyl sites for hydroxylation is 1. The van der Waals surface area contributed by atoms with Crippen molar-refractivity contribution in [2.75, 3.05) is 13.7 Å². The number of carbonyl (C=O) groups excluding carboxylic acids is 1. The maximum Gasteiger partial charge on any atom is 0.349 e. The highest BCUT2D eigenvalue weighted by Gasteiger charge is 2.34. The van der Waals surface area contributed by atoms with E-state index in [0.29, 0.717) is 12.2 Å². The topological polar surface area (TPSA) is 55.8 Å². The summed E-state index contributed by atoms with van der Waals surface area (Å²) in [6.45, 7) is 3.79. The summed E-state index contributed by atoms with van der Waals surface area (Å²) >= 11 is 0. The van der Waals surface area contributed by atoms with E-state index in [1.165, 1.54) is 7.11 Å². The fourth-order valence-electron chi connectivity index (χ4n) is 1.74. The average Bonchev–Trinajstić information content (AvgIpc) is 2.45. The molecule has 0 aliphatic heterocycles. The molecule has 0 fully saturated rings. The Morgan fingerprint density at radius 2 is 1.95 bits per heavy atom. The van der Waals surface area contributed by atoms with Crippen LogP contribution in [0.2, 0.25) is 0 Å². The Morgan fingerprint density at radius 1 is 1.32 bits per heavy atom. The zero-order valence-electron chi connectivity index (χ0n) is 11.8. The molecule has 19 heavy (non-hydrogen) atoms. The third-order valence-corrected chi connectivity index (χ3v) is 3.18. The molecule has 106 valence electrons. The quantitative estimate of drug-likeness (QED) is 0.770. The molecule has 1 rings (SSSR count). The van der Waals surface area contributed by atoms with Crippen LogP contribution in [0, 0.1) is 0 Å². The van der Waals surface area contributed by atoms with Gasteiger partial charge in [-0.05, 0) is 43.9 Å². The highest BCUT2D eigenvalue weighted by Crippen LogP contribution is 2.23. The molecule has 1 N–H and O–H groups in total. The van der Waals surface area contributed by atoms with Gasteiger partial charge in [0.2, 0.25) is 5.60 Å². The van der Waals surface area contributed by atoms with E-state index in [1.54, 1.807) is 6.92 Å². The summed E-state index contributed by atoms with van der Waals surface area (Å²) in [5, 5.41) is 8.78. The molecule has 4 nitrogen and oxygen atoms in total. The molecule has 0 saturated heterocycles. The molecule has 1 atom stereocenters. The summed E-state index contributed by atoms with van der Waals surface area (Å²) in [5.41, 5.74) is 0.180. The number of rotatable bonds is 7. The van der Waals surface area contributed by atoms with Gasteiger partial charge in [-0.3, -0.25) is 0 Å². The average molecular weight is 266 g/mol. The number of hydrogen-bond donors (Lipinski definition) is 1. The summed E-state index contributed by atoms with van der Waals surface area (Å²) in [4.78, 5) is 11.7. The van der Waals surface area contributed by atoms with Crippen LogP contribution in [0.25, 0.3) is 0 Å². The standard InChI is InChI=1S/C15H22O4/c1-4-15(2,14(17)18-3)19-13-9-7-12(8-10-13)6-5-11-16/h7-10,16H,4-6,11H2,1-3H3. The van der Waals surface area contributed by atoms with Crippen molar-refractivity contribution < 1.29 is 19.4 Å². The lowest BCUT2D eigenvalue weighted by atomic mass is 10.0. The van der Waals surface area contributed by atoms with Crippen LogP contribution < -0.4 is 4.74 Å². The van der Waals surface area contributed by atoms with Crippen LogP contribution in [0.4, 0.5) is 0 Å². The molecular weight excluding hydrogens is 244 g/mol. The van der Waals surface area contributed by atoms with E-state index in [9.17, 15) is 4.79 Å². The first-order valence-corrected chi connectivity index (χ1v) is 6.53. The molecule has 0 amide bonds. The first kappa shape index (κ1) is 15.5. The van der Waals surface area contributed by atoms with Crippen molar-refractivity contribution in [1.29, 1.82) is 0 Å². The van der Waals surface area contributed by atoms with Gasteiger partial charge in [0.05, 0.1) is 7.11 Å². The molecule has 1 unspecified atom stereocenters. The summed E-state index contributed by atoms with van der Waals surface area (Å²) in [7, 11) is 1.36. The number of hydrogen-bond acceptors (Lipinski definition) is 4. The Labute approximate surface area is 114 Å². The van der Waals surface area contributed by atoms with Crippen LogP contribution in [-0.4, -0.2) is 30.4 Å². The van der Waals surface area contributed by atoms with Crippen molar-refractivity contribution in [3.8, 4) is 5.75 Å². The second-order valence-corrected chi connectivity index (χ2v) is 4.65. The number of esters is 1.